The Morgan fingerprint density at radius 1 is 0.720 bits per heavy atom. The Hall–Kier alpha value is -5.11. The lowest BCUT2D eigenvalue weighted by Crippen LogP contribution is -2.59. The summed E-state index contributed by atoms with van der Waals surface area (Å²) in [4.78, 5) is 91.0. The van der Waals surface area contributed by atoms with Crippen LogP contribution in [0.1, 0.15) is 50.5 Å². The maximum atomic E-state index is 13.7. The molecule has 0 aliphatic rings. The van der Waals surface area contributed by atoms with Crippen LogP contribution in [0.15, 0.2) is 29.3 Å². The van der Waals surface area contributed by atoms with Crippen LogP contribution in [0.4, 0.5) is 0 Å². The average molecular weight is 727 g/mol. The molecule has 5 atom stereocenters. The zero-order valence-electron chi connectivity index (χ0n) is 27.5. The van der Waals surface area contributed by atoms with Gasteiger partial charge in [0, 0.05) is 25.8 Å². The van der Waals surface area contributed by atoms with Crippen molar-refractivity contribution in [3.05, 3.63) is 29.8 Å². The monoisotopic (exact) mass is 726 g/mol. The first-order valence-corrected chi connectivity index (χ1v) is 16.9. The number of aliphatic carboxylic acids is 3. The number of nitrogens with zero attached hydrogens (tertiary/aromatic N) is 1. The maximum Gasteiger partial charge on any atom is 0.326 e. The molecule has 0 aliphatic carbocycles. The van der Waals surface area contributed by atoms with Crippen molar-refractivity contribution < 1.29 is 54.0 Å². The summed E-state index contributed by atoms with van der Waals surface area (Å²) in [5.41, 5.74) is 17.1. The molecule has 0 fully saturated rings. The molecule has 20 heteroatoms. The molecule has 0 heterocycles. The van der Waals surface area contributed by atoms with Crippen molar-refractivity contribution in [3.8, 4) is 5.75 Å². The summed E-state index contributed by atoms with van der Waals surface area (Å²) in [7, 11) is 0. The van der Waals surface area contributed by atoms with Crippen molar-refractivity contribution in [1.82, 2.24) is 21.3 Å². The van der Waals surface area contributed by atoms with Gasteiger partial charge in [-0.2, -0.15) is 11.8 Å². The molecular formula is C30H46N8O11S. The second kappa shape index (κ2) is 22.5. The fourth-order valence-corrected chi connectivity index (χ4v) is 4.86. The van der Waals surface area contributed by atoms with Crippen molar-refractivity contribution in [1.29, 1.82) is 0 Å². The summed E-state index contributed by atoms with van der Waals surface area (Å²) in [6.45, 7) is 0.235. The third-order valence-corrected chi connectivity index (χ3v) is 7.74. The topological polar surface area (TPSA) is 339 Å². The Morgan fingerprint density at radius 2 is 1.20 bits per heavy atom. The minimum atomic E-state index is -1.66. The van der Waals surface area contributed by atoms with Gasteiger partial charge in [-0.15, -0.1) is 0 Å². The van der Waals surface area contributed by atoms with Gasteiger partial charge in [0.15, 0.2) is 5.96 Å². The van der Waals surface area contributed by atoms with Crippen molar-refractivity contribution >= 4 is 59.3 Å². The van der Waals surface area contributed by atoms with Crippen LogP contribution < -0.4 is 38.5 Å². The molecule has 1 aromatic carbocycles. The van der Waals surface area contributed by atoms with Gasteiger partial charge in [0.2, 0.25) is 23.6 Å². The summed E-state index contributed by atoms with van der Waals surface area (Å²) in [6, 6.07) is -1.20. The van der Waals surface area contributed by atoms with Gasteiger partial charge in [-0.3, -0.25) is 33.8 Å². The van der Waals surface area contributed by atoms with Crippen molar-refractivity contribution in [2.75, 3.05) is 18.6 Å². The fraction of sp³-hybridized carbons (Fsp3) is 0.533. The smallest absolute Gasteiger partial charge is 0.326 e. The summed E-state index contributed by atoms with van der Waals surface area (Å²) in [5.74, 6) is -7.41. The second-order valence-electron chi connectivity index (χ2n) is 11.2. The molecule has 0 aromatic heterocycles. The lowest BCUT2D eigenvalue weighted by molar-refractivity contribution is -0.144. The van der Waals surface area contributed by atoms with Crippen LogP contribution in [0, 0.1) is 0 Å². The summed E-state index contributed by atoms with van der Waals surface area (Å²) < 4.78 is 0. The van der Waals surface area contributed by atoms with Crippen LogP contribution in [0.5, 0.6) is 5.75 Å². The largest absolute Gasteiger partial charge is 0.508 e. The molecule has 0 spiro atoms. The standard InChI is InChI=1S/C30H46N8O11S/c1-50-14-12-20(35-25(44)18(31)3-2-13-34-30(32)33)27(46)38-22(15-16-4-6-17(39)7-5-16)28(47)36-19(8-10-23(40)41)26(45)37-21(29(48)49)9-11-24(42)43/h4-7,18-22,39H,2-3,8-15,31H2,1H3,(H,35,44)(H,36,47)(H,37,45)(H,38,46)(H,40,41)(H,42,43)(H,48,49)(H4,32,33,34)/t18-,19-,20-,21-,22-/m0/s1. The Morgan fingerprint density at radius 3 is 1.72 bits per heavy atom. The molecule has 0 bridgehead atoms. The van der Waals surface area contributed by atoms with Crippen molar-refractivity contribution in [3.63, 3.8) is 0 Å². The number of hydrogen-bond acceptors (Lipinski definition) is 11. The fourth-order valence-electron chi connectivity index (χ4n) is 4.39. The van der Waals surface area contributed by atoms with Gasteiger partial charge in [0.1, 0.15) is 29.9 Å². The first kappa shape index (κ1) is 42.9. The number of carboxylic acids is 3. The van der Waals surface area contributed by atoms with Gasteiger partial charge >= 0.3 is 17.9 Å². The lowest BCUT2D eigenvalue weighted by atomic mass is 10.0. The summed E-state index contributed by atoms with van der Waals surface area (Å²) in [5, 5.41) is 47.0. The number of guanidine groups is 1. The molecule has 0 saturated heterocycles. The zero-order valence-corrected chi connectivity index (χ0v) is 28.3. The number of phenols is 1. The van der Waals surface area contributed by atoms with E-state index in [2.05, 4.69) is 26.3 Å². The van der Waals surface area contributed by atoms with Crippen LogP contribution in [-0.4, -0.2) is 117 Å². The first-order valence-electron chi connectivity index (χ1n) is 15.5. The van der Waals surface area contributed by atoms with E-state index in [0.29, 0.717) is 17.7 Å². The number of hydrogen-bond donors (Lipinski definition) is 11. The van der Waals surface area contributed by atoms with Gasteiger partial charge < -0.3 is 58.9 Å². The third-order valence-electron chi connectivity index (χ3n) is 7.10. The van der Waals surface area contributed by atoms with E-state index < -0.39 is 97.4 Å². The number of carboxylic acid groups (broad SMARTS) is 3. The Kier molecular flexibility index (Phi) is 19.3. The van der Waals surface area contributed by atoms with E-state index in [1.54, 1.807) is 6.26 Å². The highest BCUT2D eigenvalue weighted by Crippen LogP contribution is 2.13. The van der Waals surface area contributed by atoms with Crippen molar-refractivity contribution in [2.45, 2.75) is 81.6 Å². The number of thioether (sulfide) groups is 1. The lowest BCUT2D eigenvalue weighted by Gasteiger charge is -2.26. The van der Waals surface area contributed by atoms with Gasteiger partial charge in [-0.25, -0.2) is 4.79 Å². The highest BCUT2D eigenvalue weighted by atomic mass is 32.2. The maximum absolute atomic E-state index is 13.7. The third kappa shape index (κ3) is 17.3. The average Bonchev–Trinajstić information content (AvgIpc) is 3.04. The van der Waals surface area contributed by atoms with E-state index >= 15 is 0 Å². The number of carbonyl (C=O) groups is 7. The molecular weight excluding hydrogens is 680 g/mol. The number of aliphatic imine (C=N–C) groups is 1. The van der Waals surface area contributed by atoms with Crippen LogP contribution in [-0.2, 0) is 40.0 Å². The minimum Gasteiger partial charge on any atom is -0.508 e. The number of phenolic OH excluding ortho intramolecular Hbond substituents is 1. The molecule has 19 nitrogen and oxygen atoms in total. The van der Waals surface area contributed by atoms with E-state index in [0.717, 1.165) is 0 Å². The zero-order chi connectivity index (χ0) is 37.8. The number of aromatic hydroxyl groups is 1. The Labute approximate surface area is 292 Å². The van der Waals surface area contributed by atoms with Gasteiger partial charge in [0.25, 0.3) is 0 Å². The molecule has 50 heavy (non-hydrogen) atoms. The Bertz CT molecular complexity index is 1360. The SMILES string of the molecule is CSCC[C@H](NC(=O)[C@@H](N)CCCN=C(N)N)C(=O)N[C@@H](Cc1ccc(O)cc1)C(=O)N[C@@H](CCC(=O)O)C(=O)N[C@@H](CCC(=O)O)C(=O)O. The minimum absolute atomic E-state index is 0.0745. The number of rotatable bonds is 24. The van der Waals surface area contributed by atoms with Crippen LogP contribution in [0.3, 0.4) is 0 Å². The molecule has 0 saturated carbocycles. The van der Waals surface area contributed by atoms with E-state index in [9.17, 15) is 48.9 Å². The molecule has 4 amide bonds. The quantitative estimate of drug-likeness (QED) is 0.0306. The van der Waals surface area contributed by atoms with E-state index in [-0.39, 0.29) is 37.5 Å². The first-order chi connectivity index (χ1) is 23.5. The van der Waals surface area contributed by atoms with E-state index in [4.69, 9.17) is 22.3 Å². The number of nitrogens with two attached hydrogens (primary N) is 3. The van der Waals surface area contributed by atoms with E-state index in [1.807, 2.05) is 0 Å². The van der Waals surface area contributed by atoms with Crippen LogP contribution >= 0.6 is 11.8 Å². The Balaban J connectivity index is 3.28. The highest BCUT2D eigenvalue weighted by Gasteiger charge is 2.32. The molecule has 0 unspecified atom stereocenters. The van der Waals surface area contributed by atoms with Gasteiger partial charge in [0.05, 0.1) is 6.04 Å². The van der Waals surface area contributed by atoms with Crippen LogP contribution in [0.2, 0.25) is 0 Å². The van der Waals surface area contributed by atoms with E-state index in [1.165, 1.54) is 36.0 Å². The highest BCUT2D eigenvalue weighted by molar-refractivity contribution is 7.98. The normalized spacial score (nSPS) is 13.7. The van der Waals surface area contributed by atoms with Crippen LogP contribution in [0.25, 0.3) is 0 Å². The molecule has 1 aromatic rings. The van der Waals surface area contributed by atoms with Gasteiger partial charge in [-0.05, 0) is 61.8 Å². The molecule has 278 valence electrons. The summed E-state index contributed by atoms with van der Waals surface area (Å²) >= 11 is 1.39. The predicted octanol–water partition coefficient (Wildman–Crippen LogP) is -2.18. The predicted molar refractivity (Wildman–Crippen MR) is 182 cm³/mol. The van der Waals surface area contributed by atoms with Crippen molar-refractivity contribution in [2.24, 2.45) is 22.2 Å². The number of benzene rings is 1. The van der Waals surface area contributed by atoms with Gasteiger partial charge in [-0.1, -0.05) is 12.1 Å². The number of nitrogens with one attached hydrogen (secondary N) is 4. The molecule has 14 N–H and O–H groups in total. The number of amides is 4. The second-order valence-corrected chi connectivity index (χ2v) is 12.1. The molecule has 0 radical (unpaired) electrons. The number of carbonyl (C=O) groups excluding carboxylic acids is 4. The molecule has 1 rings (SSSR count). The summed E-state index contributed by atoms with van der Waals surface area (Å²) in [6.07, 6.45) is 0.141. The molecule has 0 aliphatic heterocycles.